The highest BCUT2D eigenvalue weighted by atomic mass is 19.1. The molecule has 2 aromatic carbocycles. The van der Waals surface area contributed by atoms with Gasteiger partial charge in [-0.15, -0.1) is 0 Å². The molecule has 0 aromatic heterocycles. The summed E-state index contributed by atoms with van der Waals surface area (Å²) in [6.07, 6.45) is 1.96. The van der Waals surface area contributed by atoms with Crippen LogP contribution in [0.25, 0.3) is 11.1 Å². The monoisotopic (exact) mass is 484 g/mol. The molecule has 0 radical (unpaired) electrons. The smallest absolute Gasteiger partial charge is 0.303 e. The number of rotatable bonds is 10. The van der Waals surface area contributed by atoms with Gasteiger partial charge in [0.25, 0.3) is 11.8 Å². The number of aliphatic carboxylic acids is 1. The van der Waals surface area contributed by atoms with Crippen LogP contribution in [0.5, 0.6) is 5.75 Å². The quantitative estimate of drug-likeness (QED) is 0.424. The summed E-state index contributed by atoms with van der Waals surface area (Å²) in [7, 11) is 0. The van der Waals surface area contributed by atoms with E-state index in [4.69, 9.17) is 9.84 Å². The van der Waals surface area contributed by atoms with Gasteiger partial charge in [-0.2, -0.15) is 0 Å². The molecule has 2 aromatic rings. The number of nitrogens with one attached hydrogen (secondary N) is 2. The molecular weight excluding hydrogens is 451 g/mol. The Kier molecular flexibility index (Phi) is 8.14. The number of amides is 2. The highest BCUT2D eigenvalue weighted by molar-refractivity contribution is 6.09. The Morgan fingerprint density at radius 3 is 2.40 bits per heavy atom. The molecule has 0 saturated heterocycles. The van der Waals surface area contributed by atoms with Crippen LogP contribution < -0.4 is 15.4 Å². The van der Waals surface area contributed by atoms with Gasteiger partial charge < -0.3 is 20.5 Å². The SMILES string of the molecule is Cc1c(F)cccc1-c1cc(C(=O)NC2CC2)c(C(=O)NCC(C)(C)C)cc1OCCCC(=O)O. The van der Waals surface area contributed by atoms with Gasteiger partial charge in [0.05, 0.1) is 17.7 Å². The lowest BCUT2D eigenvalue weighted by molar-refractivity contribution is -0.137. The van der Waals surface area contributed by atoms with Gasteiger partial charge >= 0.3 is 5.97 Å². The molecule has 1 aliphatic rings. The third-order valence-corrected chi connectivity index (χ3v) is 5.65. The van der Waals surface area contributed by atoms with Crippen LogP contribution in [0.4, 0.5) is 4.39 Å². The minimum atomic E-state index is -0.941. The highest BCUT2D eigenvalue weighted by Gasteiger charge is 2.28. The number of carbonyl (C=O) groups excluding carboxylic acids is 2. The van der Waals surface area contributed by atoms with Crippen molar-refractivity contribution in [3.8, 4) is 16.9 Å². The molecular formula is C27H33FN2O5. The Morgan fingerprint density at radius 2 is 1.77 bits per heavy atom. The van der Waals surface area contributed by atoms with Gasteiger partial charge in [0.15, 0.2) is 0 Å². The first-order valence-corrected chi connectivity index (χ1v) is 11.8. The first-order valence-electron chi connectivity index (χ1n) is 11.8. The number of benzene rings is 2. The topological polar surface area (TPSA) is 105 Å². The number of carboxylic acids is 1. The summed E-state index contributed by atoms with van der Waals surface area (Å²) in [5, 5.41) is 14.7. The van der Waals surface area contributed by atoms with Gasteiger partial charge in [0.1, 0.15) is 11.6 Å². The molecule has 0 aliphatic heterocycles. The predicted molar refractivity (Wildman–Crippen MR) is 131 cm³/mol. The molecule has 2 amide bonds. The zero-order chi connectivity index (χ0) is 25.8. The van der Waals surface area contributed by atoms with Crippen molar-refractivity contribution in [2.75, 3.05) is 13.2 Å². The fraction of sp³-hybridized carbons (Fsp3) is 0.444. The fourth-order valence-corrected chi connectivity index (χ4v) is 3.52. The van der Waals surface area contributed by atoms with Crippen LogP contribution in [0.2, 0.25) is 0 Å². The first kappa shape index (κ1) is 26.2. The van der Waals surface area contributed by atoms with Gasteiger partial charge in [-0.1, -0.05) is 32.9 Å². The second kappa shape index (κ2) is 10.9. The molecule has 8 heteroatoms. The Hall–Kier alpha value is -3.42. The standard InChI is InChI=1S/C27H33FN2O5/c1-16-18(7-5-8-22(16)28)19-13-20(26(34)30-17-10-11-17)21(25(33)29-15-27(2,3)4)14-23(19)35-12-6-9-24(31)32/h5,7-8,13-14,17H,6,9-12,15H2,1-4H3,(H,29,33)(H,30,34)(H,31,32). The van der Waals surface area contributed by atoms with E-state index in [0.29, 0.717) is 23.2 Å². The van der Waals surface area contributed by atoms with Crippen molar-refractivity contribution >= 4 is 17.8 Å². The second-order valence-corrected chi connectivity index (χ2v) is 10.1. The van der Waals surface area contributed by atoms with Crippen LogP contribution in [0, 0.1) is 18.2 Å². The highest BCUT2D eigenvalue weighted by Crippen LogP contribution is 2.36. The molecule has 0 unspecified atom stereocenters. The van der Waals surface area contributed by atoms with E-state index in [9.17, 15) is 18.8 Å². The van der Waals surface area contributed by atoms with E-state index in [-0.39, 0.29) is 53.7 Å². The number of ether oxygens (including phenoxy) is 1. The number of hydrogen-bond donors (Lipinski definition) is 3. The van der Waals surface area contributed by atoms with Gasteiger partial charge in [-0.3, -0.25) is 14.4 Å². The summed E-state index contributed by atoms with van der Waals surface area (Å²) in [4.78, 5) is 37.2. The summed E-state index contributed by atoms with van der Waals surface area (Å²) >= 11 is 0. The summed E-state index contributed by atoms with van der Waals surface area (Å²) in [5.41, 5.74) is 1.53. The van der Waals surface area contributed by atoms with Crippen molar-refractivity contribution in [2.24, 2.45) is 5.41 Å². The van der Waals surface area contributed by atoms with Gasteiger partial charge in [0.2, 0.25) is 0 Å². The van der Waals surface area contributed by atoms with E-state index in [2.05, 4.69) is 10.6 Å². The van der Waals surface area contributed by atoms with Crippen molar-refractivity contribution in [3.63, 3.8) is 0 Å². The third kappa shape index (κ3) is 7.28. The maximum Gasteiger partial charge on any atom is 0.303 e. The summed E-state index contributed by atoms with van der Waals surface area (Å²) < 4.78 is 20.3. The average Bonchev–Trinajstić information content (AvgIpc) is 3.60. The van der Waals surface area contributed by atoms with Crippen LogP contribution >= 0.6 is 0 Å². The Labute approximate surface area is 205 Å². The van der Waals surface area contributed by atoms with E-state index in [1.54, 1.807) is 25.1 Å². The van der Waals surface area contributed by atoms with E-state index in [1.807, 2.05) is 20.8 Å². The molecule has 0 atom stereocenters. The number of carboxylic acid groups (broad SMARTS) is 1. The Bertz CT molecular complexity index is 1120. The van der Waals surface area contributed by atoms with Gasteiger partial charge in [-0.05, 0) is 60.9 Å². The lowest BCUT2D eigenvalue weighted by Gasteiger charge is -2.21. The molecule has 1 fully saturated rings. The van der Waals surface area contributed by atoms with Crippen molar-refractivity contribution in [1.29, 1.82) is 0 Å². The van der Waals surface area contributed by atoms with Crippen molar-refractivity contribution in [1.82, 2.24) is 10.6 Å². The van der Waals surface area contributed by atoms with Crippen molar-refractivity contribution < 1.29 is 28.6 Å². The number of carbonyl (C=O) groups is 3. The van der Waals surface area contributed by atoms with Crippen LogP contribution in [-0.2, 0) is 4.79 Å². The van der Waals surface area contributed by atoms with Crippen LogP contribution in [0.15, 0.2) is 30.3 Å². The van der Waals surface area contributed by atoms with E-state index < -0.39 is 17.7 Å². The van der Waals surface area contributed by atoms with Gasteiger partial charge in [-0.25, -0.2) is 4.39 Å². The molecule has 1 aliphatic carbocycles. The molecule has 0 heterocycles. The Balaban J connectivity index is 2.08. The summed E-state index contributed by atoms with van der Waals surface area (Å²) in [6.45, 7) is 8.08. The molecule has 3 rings (SSSR count). The molecule has 1 saturated carbocycles. The first-order chi connectivity index (χ1) is 16.5. The molecule has 0 spiro atoms. The average molecular weight is 485 g/mol. The molecule has 188 valence electrons. The zero-order valence-corrected chi connectivity index (χ0v) is 20.7. The third-order valence-electron chi connectivity index (χ3n) is 5.65. The molecule has 35 heavy (non-hydrogen) atoms. The minimum Gasteiger partial charge on any atom is -0.493 e. The predicted octanol–water partition coefficient (Wildman–Crippen LogP) is 4.71. The fourth-order valence-electron chi connectivity index (χ4n) is 3.52. The van der Waals surface area contributed by atoms with E-state index in [1.165, 1.54) is 12.1 Å². The number of halogens is 1. The van der Waals surface area contributed by atoms with E-state index >= 15 is 0 Å². The molecule has 3 N–H and O–H groups in total. The maximum atomic E-state index is 14.4. The lowest BCUT2D eigenvalue weighted by Crippen LogP contribution is -2.34. The maximum absolute atomic E-state index is 14.4. The normalized spacial score (nSPS) is 13.3. The van der Waals surface area contributed by atoms with Crippen LogP contribution in [-0.4, -0.2) is 42.1 Å². The van der Waals surface area contributed by atoms with Gasteiger partial charge in [0, 0.05) is 24.6 Å². The molecule has 7 nitrogen and oxygen atoms in total. The molecule has 0 bridgehead atoms. The lowest BCUT2D eigenvalue weighted by atomic mass is 9.93. The summed E-state index contributed by atoms with van der Waals surface area (Å²) in [5.74, 6) is -1.85. The minimum absolute atomic E-state index is 0.0743. The largest absolute Gasteiger partial charge is 0.493 e. The summed E-state index contributed by atoms with van der Waals surface area (Å²) in [6, 6.07) is 7.79. The van der Waals surface area contributed by atoms with Crippen LogP contribution in [0.1, 0.15) is 72.7 Å². The number of hydrogen-bond acceptors (Lipinski definition) is 4. The zero-order valence-electron chi connectivity index (χ0n) is 20.7. The van der Waals surface area contributed by atoms with Crippen molar-refractivity contribution in [3.05, 3.63) is 52.8 Å². The second-order valence-electron chi connectivity index (χ2n) is 10.1. The van der Waals surface area contributed by atoms with E-state index in [0.717, 1.165) is 12.8 Å². The van der Waals surface area contributed by atoms with Crippen molar-refractivity contribution in [2.45, 2.75) is 59.4 Å². The van der Waals surface area contributed by atoms with Crippen LogP contribution in [0.3, 0.4) is 0 Å². The Morgan fingerprint density at radius 1 is 1.09 bits per heavy atom.